The van der Waals surface area contributed by atoms with Crippen LogP contribution < -0.4 is 10.1 Å². The van der Waals surface area contributed by atoms with Gasteiger partial charge in [0.05, 0.1) is 24.5 Å². The monoisotopic (exact) mass is 453 g/mol. The molecule has 1 aromatic carbocycles. The Morgan fingerprint density at radius 2 is 1.91 bits per heavy atom. The maximum Gasteiger partial charge on any atom is 0.258 e. The highest BCUT2D eigenvalue weighted by atomic mass is 16.5. The van der Waals surface area contributed by atoms with Gasteiger partial charge in [-0.3, -0.25) is 9.59 Å². The maximum absolute atomic E-state index is 13.6. The van der Waals surface area contributed by atoms with Gasteiger partial charge in [0, 0.05) is 32.4 Å². The number of hydrogen-bond donors (Lipinski definition) is 1. The summed E-state index contributed by atoms with van der Waals surface area (Å²) in [5, 5.41) is 3.23. The molecule has 1 aromatic heterocycles. The minimum atomic E-state index is -0.257. The second-order valence-electron chi connectivity index (χ2n) is 8.25. The zero-order valence-electron chi connectivity index (χ0n) is 19.0. The first-order valence-electron chi connectivity index (χ1n) is 11.4. The Labute approximate surface area is 194 Å². The van der Waals surface area contributed by atoms with Gasteiger partial charge in [0.2, 0.25) is 5.91 Å². The highest BCUT2D eigenvalue weighted by Gasteiger charge is 2.26. The molecule has 3 heterocycles. The molecular weight excluding hydrogens is 422 g/mol. The predicted octanol–water partition coefficient (Wildman–Crippen LogP) is 1.84. The molecule has 0 bridgehead atoms. The fraction of sp³-hybridized carbons (Fsp3) is 0.458. The molecule has 0 spiro atoms. The number of rotatable bonds is 2. The van der Waals surface area contributed by atoms with E-state index in [9.17, 15) is 9.59 Å². The number of benzene rings is 1. The van der Waals surface area contributed by atoms with Gasteiger partial charge in [-0.05, 0) is 44.3 Å². The lowest BCUT2D eigenvalue weighted by molar-refractivity contribution is -0.131. The van der Waals surface area contributed by atoms with Gasteiger partial charge in [0.25, 0.3) is 5.91 Å². The number of likely N-dealkylation sites (N-methyl/N-ethyl adjacent to an activating group) is 1. The number of fused-ring (bicyclic) bond motifs is 2. The Bertz CT molecular complexity index is 969. The summed E-state index contributed by atoms with van der Waals surface area (Å²) in [6.07, 6.45) is 2.56. The van der Waals surface area contributed by atoms with E-state index in [4.69, 9.17) is 9.47 Å². The summed E-state index contributed by atoms with van der Waals surface area (Å²) in [6, 6.07) is 10.9. The number of ether oxygens (including phenoxy) is 2. The van der Waals surface area contributed by atoms with E-state index in [0.717, 1.165) is 19.5 Å². The molecule has 9 heteroatoms. The highest BCUT2D eigenvalue weighted by Crippen LogP contribution is 2.28. The molecule has 0 radical (unpaired) electrons. The van der Waals surface area contributed by atoms with Crippen LogP contribution in [0, 0.1) is 0 Å². The Balaban J connectivity index is 1.57. The molecule has 176 valence electrons. The number of carbonyl (C=O) groups excluding carboxylic acids is 2. The summed E-state index contributed by atoms with van der Waals surface area (Å²) in [6.45, 7) is 4.56. The molecule has 2 aliphatic rings. The topological polar surface area (TPSA) is 87.2 Å². The lowest BCUT2D eigenvalue weighted by Gasteiger charge is -2.27. The van der Waals surface area contributed by atoms with Crippen LogP contribution in [-0.2, 0) is 9.53 Å². The average Bonchev–Trinajstić information content (AvgIpc) is 3.05. The van der Waals surface area contributed by atoms with Crippen LogP contribution in [0.1, 0.15) is 16.8 Å². The number of anilines is 2. The number of nitrogens with one attached hydrogen (secondary N) is 1. The van der Waals surface area contributed by atoms with Crippen LogP contribution in [-0.4, -0.2) is 97.6 Å². The van der Waals surface area contributed by atoms with Crippen molar-refractivity contribution in [2.24, 2.45) is 0 Å². The van der Waals surface area contributed by atoms with Crippen LogP contribution in [0.5, 0.6) is 5.75 Å². The first-order valence-corrected chi connectivity index (χ1v) is 11.4. The van der Waals surface area contributed by atoms with Gasteiger partial charge in [0.1, 0.15) is 24.7 Å². The van der Waals surface area contributed by atoms with Crippen molar-refractivity contribution in [2.75, 3.05) is 71.5 Å². The Morgan fingerprint density at radius 3 is 2.82 bits per heavy atom. The van der Waals surface area contributed by atoms with E-state index in [-0.39, 0.29) is 18.4 Å². The smallest absolute Gasteiger partial charge is 0.258 e. The normalized spacial score (nSPS) is 18.4. The Morgan fingerprint density at radius 1 is 1.03 bits per heavy atom. The number of para-hydroxylation sites is 2. The summed E-state index contributed by atoms with van der Waals surface area (Å²) >= 11 is 0. The van der Waals surface area contributed by atoms with E-state index in [2.05, 4.69) is 22.2 Å². The summed E-state index contributed by atoms with van der Waals surface area (Å²) < 4.78 is 11.6. The fourth-order valence-electron chi connectivity index (χ4n) is 3.97. The van der Waals surface area contributed by atoms with Crippen LogP contribution >= 0.6 is 0 Å². The molecule has 1 saturated heterocycles. The molecule has 2 aliphatic heterocycles. The van der Waals surface area contributed by atoms with Gasteiger partial charge >= 0.3 is 0 Å². The van der Waals surface area contributed by atoms with E-state index >= 15 is 0 Å². The van der Waals surface area contributed by atoms with Crippen molar-refractivity contribution < 1.29 is 19.1 Å². The van der Waals surface area contributed by atoms with Crippen molar-refractivity contribution in [1.82, 2.24) is 19.7 Å². The fourth-order valence-corrected chi connectivity index (χ4v) is 3.97. The highest BCUT2D eigenvalue weighted by molar-refractivity contribution is 6.01. The van der Waals surface area contributed by atoms with Gasteiger partial charge in [0.15, 0.2) is 0 Å². The molecule has 0 saturated carbocycles. The molecule has 0 unspecified atom stereocenters. The van der Waals surface area contributed by atoms with E-state index in [1.807, 2.05) is 29.2 Å². The van der Waals surface area contributed by atoms with Crippen LogP contribution in [0.3, 0.4) is 0 Å². The van der Waals surface area contributed by atoms with E-state index in [0.29, 0.717) is 62.3 Å². The third kappa shape index (κ3) is 6.00. The van der Waals surface area contributed by atoms with Crippen molar-refractivity contribution in [2.45, 2.75) is 6.42 Å². The molecule has 9 nitrogen and oxygen atoms in total. The molecule has 0 aliphatic carbocycles. The summed E-state index contributed by atoms with van der Waals surface area (Å²) in [7, 11) is 2.06. The summed E-state index contributed by atoms with van der Waals surface area (Å²) in [4.78, 5) is 36.7. The van der Waals surface area contributed by atoms with Crippen molar-refractivity contribution in [3.63, 3.8) is 0 Å². The minimum absolute atomic E-state index is 0.00727. The van der Waals surface area contributed by atoms with Gasteiger partial charge in [-0.1, -0.05) is 12.1 Å². The molecule has 2 amide bonds. The summed E-state index contributed by atoms with van der Waals surface area (Å²) in [5.41, 5.74) is 1.11. The zero-order valence-corrected chi connectivity index (χ0v) is 19.0. The molecule has 2 aromatic rings. The largest absolute Gasteiger partial charge is 0.489 e. The van der Waals surface area contributed by atoms with E-state index < -0.39 is 0 Å². The number of aromatic nitrogens is 1. The van der Waals surface area contributed by atoms with Gasteiger partial charge in [-0.2, -0.15) is 0 Å². The molecule has 4 rings (SSSR count). The number of amides is 2. The van der Waals surface area contributed by atoms with Gasteiger partial charge in [-0.15, -0.1) is 0 Å². The second-order valence-corrected chi connectivity index (χ2v) is 8.25. The number of hydrogen-bond acceptors (Lipinski definition) is 7. The van der Waals surface area contributed by atoms with Crippen LogP contribution in [0.2, 0.25) is 0 Å². The first-order chi connectivity index (χ1) is 16.1. The number of nitrogens with zero attached hydrogens (tertiary/aromatic N) is 4. The van der Waals surface area contributed by atoms with Gasteiger partial charge < -0.3 is 29.5 Å². The van der Waals surface area contributed by atoms with Crippen molar-refractivity contribution >= 4 is 23.3 Å². The molecule has 33 heavy (non-hydrogen) atoms. The van der Waals surface area contributed by atoms with Crippen LogP contribution in [0.4, 0.5) is 11.5 Å². The molecule has 1 N–H and O–H groups in total. The Kier molecular flexibility index (Phi) is 7.74. The standard InChI is InChI=1S/C24H31N5O4/c1-27-10-5-11-28(13-12-27)22(30)18-29-14-15-32-16-17-33-21-8-3-2-7-20(21)26-23-19(24(29)31)6-4-9-25-23/h2-4,6-9H,5,10-18H2,1H3,(H,25,26). The summed E-state index contributed by atoms with van der Waals surface area (Å²) in [5.74, 6) is 0.775. The first kappa shape index (κ1) is 23.0. The van der Waals surface area contributed by atoms with Crippen LogP contribution in [0.15, 0.2) is 42.6 Å². The van der Waals surface area contributed by atoms with Gasteiger partial charge in [-0.25, -0.2) is 4.98 Å². The third-order valence-corrected chi connectivity index (χ3v) is 5.85. The van der Waals surface area contributed by atoms with Crippen molar-refractivity contribution in [1.29, 1.82) is 0 Å². The minimum Gasteiger partial charge on any atom is -0.489 e. The van der Waals surface area contributed by atoms with E-state index in [1.165, 1.54) is 0 Å². The SMILES string of the molecule is CN1CCCN(C(=O)CN2CCOCCOc3ccccc3Nc3ncccc3C2=O)CC1. The third-order valence-electron chi connectivity index (χ3n) is 5.85. The second kappa shape index (κ2) is 11.1. The van der Waals surface area contributed by atoms with Crippen LogP contribution in [0.25, 0.3) is 0 Å². The lowest BCUT2D eigenvalue weighted by Crippen LogP contribution is -2.45. The van der Waals surface area contributed by atoms with E-state index in [1.54, 1.807) is 23.2 Å². The lowest BCUT2D eigenvalue weighted by atomic mass is 10.2. The number of pyridine rings is 1. The average molecular weight is 454 g/mol. The molecular formula is C24H31N5O4. The predicted molar refractivity (Wildman–Crippen MR) is 125 cm³/mol. The maximum atomic E-state index is 13.6. The number of carbonyl (C=O) groups is 2. The Hall–Kier alpha value is -3.17. The molecule has 1 fully saturated rings. The zero-order chi connectivity index (χ0) is 23.0. The van der Waals surface area contributed by atoms with Crippen molar-refractivity contribution in [3.05, 3.63) is 48.2 Å². The quantitative estimate of drug-likeness (QED) is 0.743. The van der Waals surface area contributed by atoms with Crippen molar-refractivity contribution in [3.8, 4) is 5.75 Å². The molecule has 0 atom stereocenters.